The number of benzene rings is 1. The van der Waals surface area contributed by atoms with Crippen LogP contribution in [0.25, 0.3) is 0 Å². The van der Waals surface area contributed by atoms with Crippen LogP contribution in [0.2, 0.25) is 10.0 Å². The topological polar surface area (TPSA) is 66.9 Å². The monoisotopic (exact) mass is 338 g/mol. The van der Waals surface area contributed by atoms with Crippen molar-refractivity contribution in [1.29, 1.82) is 0 Å². The van der Waals surface area contributed by atoms with Gasteiger partial charge in [0.1, 0.15) is 5.69 Å². The number of nitrogens with zero attached hydrogens (tertiary/aromatic N) is 2. The zero-order valence-electron chi connectivity index (χ0n) is 12.4. The second-order valence-electron chi connectivity index (χ2n) is 5.70. The van der Waals surface area contributed by atoms with Gasteiger partial charge in [-0.05, 0) is 39.0 Å². The van der Waals surface area contributed by atoms with E-state index in [0.717, 1.165) is 0 Å². The molecule has 22 heavy (non-hydrogen) atoms. The van der Waals surface area contributed by atoms with Gasteiger partial charge in [0, 0.05) is 11.7 Å². The van der Waals surface area contributed by atoms with Crippen LogP contribution in [-0.4, -0.2) is 21.4 Å². The zero-order chi connectivity index (χ0) is 16.3. The maximum atomic E-state index is 12.3. The predicted octanol–water partition coefficient (Wildman–Crippen LogP) is 4.25. The maximum Gasteiger partial charge on any atom is 0.274 e. The first-order valence-corrected chi connectivity index (χ1v) is 7.38. The molecule has 0 aliphatic rings. The van der Waals surface area contributed by atoms with E-state index < -0.39 is 0 Å². The van der Waals surface area contributed by atoms with Crippen LogP contribution in [0.1, 0.15) is 31.3 Å². The smallest absolute Gasteiger partial charge is 0.274 e. The summed E-state index contributed by atoms with van der Waals surface area (Å²) < 4.78 is 0. The van der Waals surface area contributed by atoms with Crippen molar-refractivity contribution in [3.63, 3.8) is 0 Å². The van der Waals surface area contributed by atoms with Gasteiger partial charge in [-0.1, -0.05) is 29.3 Å². The van der Waals surface area contributed by atoms with E-state index in [1.54, 1.807) is 18.2 Å². The summed E-state index contributed by atoms with van der Waals surface area (Å²) in [6.45, 7) is 5.94. The van der Waals surface area contributed by atoms with Gasteiger partial charge in [-0.3, -0.25) is 4.79 Å². The van der Waals surface area contributed by atoms with Crippen LogP contribution in [0, 0.1) is 0 Å². The number of nitrogens with one attached hydrogen (secondary N) is 2. The van der Waals surface area contributed by atoms with Gasteiger partial charge in [0.2, 0.25) is 5.95 Å². The number of rotatable bonds is 3. The molecule has 1 amide bonds. The fourth-order valence-electron chi connectivity index (χ4n) is 1.67. The molecule has 0 bridgehead atoms. The summed E-state index contributed by atoms with van der Waals surface area (Å²) in [5, 5.41) is 6.46. The molecular weight excluding hydrogens is 323 g/mol. The van der Waals surface area contributed by atoms with Gasteiger partial charge < -0.3 is 10.6 Å². The van der Waals surface area contributed by atoms with Crippen LogP contribution < -0.4 is 10.6 Å². The highest BCUT2D eigenvalue weighted by Gasteiger charge is 2.15. The van der Waals surface area contributed by atoms with Crippen molar-refractivity contribution in [1.82, 2.24) is 9.97 Å². The molecule has 0 spiro atoms. The Hall–Kier alpha value is -1.85. The fourth-order valence-corrected chi connectivity index (χ4v) is 2.02. The van der Waals surface area contributed by atoms with Crippen LogP contribution in [0.4, 0.5) is 11.6 Å². The number of carbonyl (C=O) groups excluding carboxylic acids is 1. The predicted molar refractivity (Wildman–Crippen MR) is 89.8 cm³/mol. The Balaban J connectivity index is 2.19. The highest BCUT2D eigenvalue weighted by Crippen LogP contribution is 2.29. The van der Waals surface area contributed by atoms with Crippen molar-refractivity contribution in [2.24, 2.45) is 0 Å². The van der Waals surface area contributed by atoms with Crippen molar-refractivity contribution < 1.29 is 4.79 Å². The summed E-state index contributed by atoms with van der Waals surface area (Å²) in [4.78, 5) is 20.6. The molecular formula is C15H16Cl2N4O. The number of amides is 1. The SMILES string of the molecule is CC(C)(C)Nc1nccc(C(=O)Nc2cccc(Cl)c2Cl)n1. The molecule has 5 nitrogen and oxygen atoms in total. The Bertz CT molecular complexity index is 698. The Labute approximate surface area is 139 Å². The molecule has 2 aromatic rings. The third-order valence-corrected chi connectivity index (χ3v) is 3.39. The van der Waals surface area contributed by atoms with Crippen LogP contribution in [0.3, 0.4) is 0 Å². The highest BCUT2D eigenvalue weighted by atomic mass is 35.5. The van der Waals surface area contributed by atoms with E-state index in [-0.39, 0.29) is 17.1 Å². The maximum absolute atomic E-state index is 12.3. The van der Waals surface area contributed by atoms with Gasteiger partial charge in [-0.2, -0.15) is 0 Å². The second-order valence-corrected chi connectivity index (χ2v) is 6.48. The Morgan fingerprint density at radius 3 is 2.59 bits per heavy atom. The van der Waals surface area contributed by atoms with E-state index in [0.29, 0.717) is 21.7 Å². The Morgan fingerprint density at radius 1 is 1.18 bits per heavy atom. The number of hydrogen-bond donors (Lipinski definition) is 2. The first-order chi connectivity index (χ1) is 10.3. The van der Waals surface area contributed by atoms with E-state index in [4.69, 9.17) is 23.2 Å². The largest absolute Gasteiger partial charge is 0.350 e. The minimum atomic E-state index is -0.386. The van der Waals surface area contributed by atoms with E-state index in [2.05, 4.69) is 20.6 Å². The number of halogens is 2. The Kier molecular flexibility index (Phi) is 4.88. The number of aromatic nitrogens is 2. The number of anilines is 2. The quantitative estimate of drug-likeness (QED) is 0.877. The molecule has 2 rings (SSSR count). The molecule has 2 N–H and O–H groups in total. The van der Waals surface area contributed by atoms with Crippen LogP contribution in [-0.2, 0) is 0 Å². The second kappa shape index (κ2) is 6.50. The lowest BCUT2D eigenvalue weighted by Crippen LogP contribution is -2.28. The van der Waals surface area contributed by atoms with Crippen LogP contribution in [0.15, 0.2) is 30.5 Å². The summed E-state index contributed by atoms with van der Waals surface area (Å²) >= 11 is 12.0. The van der Waals surface area contributed by atoms with E-state index in [9.17, 15) is 4.79 Å². The highest BCUT2D eigenvalue weighted by molar-refractivity contribution is 6.44. The average molecular weight is 339 g/mol. The lowest BCUT2D eigenvalue weighted by atomic mass is 10.1. The third-order valence-electron chi connectivity index (χ3n) is 2.57. The standard InChI is InChI=1S/C15H16Cl2N4O/c1-15(2,3)21-14-18-8-7-11(20-14)13(22)19-10-6-4-5-9(16)12(10)17/h4-8H,1-3H3,(H,19,22)(H,18,20,21). The third kappa shape index (κ3) is 4.32. The molecule has 1 aromatic carbocycles. The summed E-state index contributed by atoms with van der Waals surface area (Å²) in [5.41, 5.74) is 0.464. The van der Waals surface area contributed by atoms with Gasteiger partial charge in [-0.25, -0.2) is 9.97 Å². The molecule has 0 atom stereocenters. The van der Waals surface area contributed by atoms with E-state index in [1.807, 2.05) is 20.8 Å². The lowest BCUT2D eigenvalue weighted by molar-refractivity contribution is 0.102. The molecule has 0 saturated heterocycles. The number of carbonyl (C=O) groups is 1. The van der Waals surface area contributed by atoms with Gasteiger partial charge in [0.25, 0.3) is 5.91 Å². The van der Waals surface area contributed by atoms with Crippen molar-refractivity contribution in [2.75, 3.05) is 10.6 Å². The van der Waals surface area contributed by atoms with E-state index in [1.165, 1.54) is 12.3 Å². The molecule has 0 saturated carbocycles. The average Bonchev–Trinajstić information content (AvgIpc) is 2.42. The normalized spacial score (nSPS) is 11.1. The molecule has 116 valence electrons. The van der Waals surface area contributed by atoms with Gasteiger partial charge in [0.15, 0.2) is 0 Å². The van der Waals surface area contributed by atoms with Gasteiger partial charge in [-0.15, -0.1) is 0 Å². The van der Waals surface area contributed by atoms with E-state index >= 15 is 0 Å². The van der Waals surface area contributed by atoms with Crippen LogP contribution >= 0.6 is 23.2 Å². The van der Waals surface area contributed by atoms with Gasteiger partial charge in [0.05, 0.1) is 15.7 Å². The molecule has 0 aliphatic heterocycles. The first kappa shape index (κ1) is 16.5. The molecule has 7 heteroatoms. The fraction of sp³-hybridized carbons (Fsp3) is 0.267. The zero-order valence-corrected chi connectivity index (χ0v) is 14.0. The lowest BCUT2D eigenvalue weighted by Gasteiger charge is -2.20. The molecule has 0 aliphatic carbocycles. The summed E-state index contributed by atoms with van der Waals surface area (Å²) in [5.74, 6) is 0.000803. The molecule has 0 fully saturated rings. The molecule has 1 aromatic heterocycles. The summed E-state index contributed by atoms with van der Waals surface area (Å²) in [6.07, 6.45) is 1.52. The van der Waals surface area contributed by atoms with Crippen molar-refractivity contribution in [3.05, 3.63) is 46.2 Å². The first-order valence-electron chi connectivity index (χ1n) is 6.63. The minimum absolute atomic E-state index is 0.203. The summed E-state index contributed by atoms with van der Waals surface area (Å²) in [6, 6.07) is 6.55. The Morgan fingerprint density at radius 2 is 1.91 bits per heavy atom. The van der Waals surface area contributed by atoms with Crippen molar-refractivity contribution >= 4 is 40.7 Å². The van der Waals surface area contributed by atoms with Gasteiger partial charge >= 0.3 is 0 Å². The summed E-state index contributed by atoms with van der Waals surface area (Å²) in [7, 11) is 0. The van der Waals surface area contributed by atoms with Crippen molar-refractivity contribution in [3.8, 4) is 0 Å². The molecule has 1 heterocycles. The molecule has 0 unspecified atom stereocenters. The molecule has 0 radical (unpaired) electrons. The minimum Gasteiger partial charge on any atom is -0.350 e. The van der Waals surface area contributed by atoms with Crippen molar-refractivity contribution in [2.45, 2.75) is 26.3 Å². The number of hydrogen-bond acceptors (Lipinski definition) is 4. The van der Waals surface area contributed by atoms with Crippen LogP contribution in [0.5, 0.6) is 0 Å².